The zero-order valence-electron chi connectivity index (χ0n) is 10.8. The Hall–Kier alpha value is -1.74. The van der Waals surface area contributed by atoms with Gasteiger partial charge in [0.2, 0.25) is 0 Å². The summed E-state index contributed by atoms with van der Waals surface area (Å²) < 4.78 is 10.6. The van der Waals surface area contributed by atoms with E-state index >= 15 is 0 Å². The van der Waals surface area contributed by atoms with Gasteiger partial charge in [-0.2, -0.15) is 0 Å². The fraction of sp³-hybridized carbons (Fsp3) is 0.333. The van der Waals surface area contributed by atoms with Crippen molar-refractivity contribution in [2.45, 2.75) is 19.4 Å². The number of hydrogen-bond acceptors (Lipinski definition) is 3. The molecule has 96 valence electrons. The minimum absolute atomic E-state index is 0.240. The van der Waals surface area contributed by atoms with E-state index in [2.05, 4.69) is 18.3 Å². The second-order valence-corrected chi connectivity index (χ2v) is 4.19. The smallest absolute Gasteiger partial charge is 0.123 e. The van der Waals surface area contributed by atoms with Crippen molar-refractivity contribution in [1.29, 1.82) is 0 Å². The number of benzene rings is 1. The summed E-state index contributed by atoms with van der Waals surface area (Å²) in [4.78, 5) is 0. The van der Waals surface area contributed by atoms with Crippen LogP contribution in [0.3, 0.4) is 0 Å². The van der Waals surface area contributed by atoms with Gasteiger partial charge in [-0.25, -0.2) is 0 Å². The van der Waals surface area contributed by atoms with Crippen LogP contribution >= 0.6 is 0 Å². The van der Waals surface area contributed by atoms with Gasteiger partial charge in [-0.05, 0) is 30.7 Å². The Bertz CT molecular complexity index is 465. The van der Waals surface area contributed by atoms with E-state index in [1.807, 2.05) is 24.3 Å². The lowest BCUT2D eigenvalue weighted by molar-refractivity contribution is 0.399. The van der Waals surface area contributed by atoms with E-state index < -0.39 is 0 Å². The first-order valence-corrected chi connectivity index (χ1v) is 6.22. The molecule has 2 rings (SSSR count). The maximum atomic E-state index is 5.43. The number of likely N-dealkylation sites (N-methyl/N-ethyl adjacent to an activating group) is 1. The van der Waals surface area contributed by atoms with Crippen LogP contribution in [0, 0.1) is 0 Å². The third-order valence-corrected chi connectivity index (χ3v) is 2.98. The minimum atomic E-state index is 0.240. The van der Waals surface area contributed by atoms with Gasteiger partial charge in [0.15, 0.2) is 0 Å². The molecule has 1 heterocycles. The average molecular weight is 245 g/mol. The topological polar surface area (TPSA) is 34.4 Å². The van der Waals surface area contributed by atoms with Crippen LogP contribution in [-0.4, -0.2) is 13.7 Å². The molecule has 1 aromatic carbocycles. The van der Waals surface area contributed by atoms with Crippen molar-refractivity contribution in [2.75, 3.05) is 13.7 Å². The fourth-order valence-electron chi connectivity index (χ4n) is 2.14. The molecular formula is C15H19NO2. The minimum Gasteiger partial charge on any atom is -0.496 e. The van der Waals surface area contributed by atoms with Crippen LogP contribution in [0.1, 0.15) is 24.1 Å². The van der Waals surface area contributed by atoms with Crippen molar-refractivity contribution < 1.29 is 9.15 Å². The van der Waals surface area contributed by atoms with Crippen LogP contribution < -0.4 is 10.1 Å². The summed E-state index contributed by atoms with van der Waals surface area (Å²) in [5, 5.41) is 3.49. The maximum Gasteiger partial charge on any atom is 0.123 e. The Morgan fingerprint density at radius 3 is 2.78 bits per heavy atom. The molecular weight excluding hydrogens is 226 g/mol. The van der Waals surface area contributed by atoms with E-state index in [1.165, 1.54) is 11.1 Å². The molecule has 0 aliphatic heterocycles. The predicted molar refractivity (Wildman–Crippen MR) is 71.8 cm³/mol. The third-order valence-electron chi connectivity index (χ3n) is 2.98. The summed E-state index contributed by atoms with van der Waals surface area (Å²) in [6, 6.07) is 10.4. The first kappa shape index (κ1) is 12.7. The highest BCUT2D eigenvalue weighted by Crippen LogP contribution is 2.27. The number of ether oxygens (including phenoxy) is 1. The van der Waals surface area contributed by atoms with E-state index in [-0.39, 0.29) is 6.04 Å². The highest BCUT2D eigenvalue weighted by atomic mass is 16.5. The number of rotatable bonds is 6. The molecule has 0 spiro atoms. The number of methoxy groups -OCH3 is 1. The van der Waals surface area contributed by atoms with Crippen molar-refractivity contribution in [1.82, 2.24) is 5.32 Å². The van der Waals surface area contributed by atoms with Gasteiger partial charge in [-0.3, -0.25) is 0 Å². The molecule has 0 fully saturated rings. The van der Waals surface area contributed by atoms with Gasteiger partial charge in [-0.1, -0.05) is 25.1 Å². The van der Waals surface area contributed by atoms with E-state index in [0.29, 0.717) is 0 Å². The summed E-state index contributed by atoms with van der Waals surface area (Å²) in [6.45, 7) is 3.03. The first-order chi connectivity index (χ1) is 8.85. The largest absolute Gasteiger partial charge is 0.496 e. The highest BCUT2D eigenvalue weighted by Gasteiger charge is 2.15. The third kappa shape index (κ3) is 2.93. The first-order valence-electron chi connectivity index (χ1n) is 6.22. The van der Waals surface area contributed by atoms with E-state index in [0.717, 1.165) is 18.7 Å². The molecule has 0 radical (unpaired) electrons. The second-order valence-electron chi connectivity index (χ2n) is 4.19. The lowest BCUT2D eigenvalue weighted by Gasteiger charge is -2.20. The zero-order valence-corrected chi connectivity index (χ0v) is 10.8. The molecule has 0 saturated carbocycles. The molecule has 1 atom stereocenters. The Labute approximate surface area is 108 Å². The lowest BCUT2D eigenvalue weighted by Crippen LogP contribution is -2.23. The molecule has 1 N–H and O–H groups in total. The number of para-hydroxylation sites is 1. The van der Waals surface area contributed by atoms with Crippen molar-refractivity contribution in [3.63, 3.8) is 0 Å². The summed E-state index contributed by atoms with van der Waals surface area (Å²) in [7, 11) is 1.71. The normalized spacial score (nSPS) is 12.3. The van der Waals surface area contributed by atoms with Crippen LogP contribution in [0.25, 0.3) is 0 Å². The Morgan fingerprint density at radius 2 is 2.11 bits per heavy atom. The molecule has 0 saturated heterocycles. The molecule has 1 unspecified atom stereocenters. The van der Waals surface area contributed by atoms with Crippen molar-refractivity contribution in [2.24, 2.45) is 0 Å². The number of furan rings is 1. The van der Waals surface area contributed by atoms with Gasteiger partial charge in [0, 0.05) is 11.6 Å². The fourth-order valence-corrected chi connectivity index (χ4v) is 2.14. The van der Waals surface area contributed by atoms with Gasteiger partial charge in [0.05, 0.1) is 19.6 Å². The Kier molecular flexibility index (Phi) is 4.42. The molecule has 3 nitrogen and oxygen atoms in total. The summed E-state index contributed by atoms with van der Waals surface area (Å²) in [6.07, 6.45) is 4.39. The Morgan fingerprint density at radius 1 is 1.28 bits per heavy atom. The monoisotopic (exact) mass is 245 g/mol. The lowest BCUT2D eigenvalue weighted by atomic mass is 9.99. The second kappa shape index (κ2) is 6.26. The molecule has 2 aromatic rings. The van der Waals surface area contributed by atoms with Crippen molar-refractivity contribution in [3.05, 3.63) is 54.0 Å². The van der Waals surface area contributed by atoms with Gasteiger partial charge >= 0.3 is 0 Å². The molecule has 18 heavy (non-hydrogen) atoms. The quantitative estimate of drug-likeness (QED) is 0.848. The molecule has 3 heteroatoms. The van der Waals surface area contributed by atoms with E-state index in [1.54, 1.807) is 19.6 Å². The van der Waals surface area contributed by atoms with Gasteiger partial charge in [0.25, 0.3) is 0 Å². The van der Waals surface area contributed by atoms with E-state index in [9.17, 15) is 0 Å². The van der Waals surface area contributed by atoms with Crippen LogP contribution in [0.2, 0.25) is 0 Å². The van der Waals surface area contributed by atoms with Crippen LogP contribution in [0.15, 0.2) is 47.3 Å². The molecule has 0 bridgehead atoms. The van der Waals surface area contributed by atoms with Crippen molar-refractivity contribution in [3.8, 4) is 5.75 Å². The van der Waals surface area contributed by atoms with Crippen molar-refractivity contribution >= 4 is 0 Å². The maximum absolute atomic E-state index is 5.43. The Balaban J connectivity index is 2.23. The predicted octanol–water partition coefficient (Wildman–Crippen LogP) is 3.18. The van der Waals surface area contributed by atoms with Crippen LogP contribution in [0.4, 0.5) is 0 Å². The summed E-state index contributed by atoms with van der Waals surface area (Å²) in [5.74, 6) is 0.923. The van der Waals surface area contributed by atoms with Gasteiger partial charge in [-0.15, -0.1) is 0 Å². The molecule has 0 aliphatic carbocycles. The molecule has 0 aliphatic rings. The summed E-state index contributed by atoms with van der Waals surface area (Å²) >= 11 is 0. The number of hydrogen-bond donors (Lipinski definition) is 1. The van der Waals surface area contributed by atoms with Gasteiger partial charge < -0.3 is 14.5 Å². The zero-order chi connectivity index (χ0) is 12.8. The SMILES string of the molecule is CCNC(Cc1ccoc1)c1ccccc1OC. The van der Waals surface area contributed by atoms with Crippen LogP contribution in [-0.2, 0) is 6.42 Å². The van der Waals surface area contributed by atoms with Gasteiger partial charge in [0.1, 0.15) is 5.75 Å². The highest BCUT2D eigenvalue weighted by molar-refractivity contribution is 5.36. The molecule has 1 aromatic heterocycles. The number of nitrogens with one attached hydrogen (secondary N) is 1. The van der Waals surface area contributed by atoms with E-state index in [4.69, 9.17) is 9.15 Å². The standard InChI is InChI=1S/C15H19NO2/c1-3-16-14(10-12-8-9-18-11-12)13-6-4-5-7-15(13)17-2/h4-9,11,14,16H,3,10H2,1-2H3. The van der Waals surface area contributed by atoms with Crippen LogP contribution in [0.5, 0.6) is 5.75 Å². The summed E-state index contributed by atoms with van der Waals surface area (Å²) in [5.41, 5.74) is 2.37. The molecule has 0 amide bonds. The average Bonchev–Trinajstić information content (AvgIpc) is 2.91.